The van der Waals surface area contributed by atoms with Gasteiger partial charge in [-0.2, -0.15) is 0 Å². The van der Waals surface area contributed by atoms with Crippen molar-refractivity contribution >= 4 is 0 Å². The molecule has 0 saturated heterocycles. The van der Waals surface area contributed by atoms with Crippen molar-refractivity contribution < 1.29 is 0 Å². The first-order chi connectivity index (χ1) is 8.18. The summed E-state index contributed by atoms with van der Waals surface area (Å²) in [6, 6.07) is 1.60. The fourth-order valence-electron chi connectivity index (χ4n) is 3.83. The lowest BCUT2D eigenvalue weighted by Crippen LogP contribution is -2.47. The van der Waals surface area contributed by atoms with Crippen molar-refractivity contribution in [2.24, 2.45) is 17.8 Å². The highest BCUT2D eigenvalue weighted by atomic mass is 15.0. The molecule has 100 valence electrons. The Labute approximate surface area is 108 Å². The van der Waals surface area contributed by atoms with Crippen LogP contribution in [0.25, 0.3) is 0 Å². The lowest BCUT2D eigenvalue weighted by Gasteiger charge is -2.38. The molecule has 0 aliphatic heterocycles. The largest absolute Gasteiger partial charge is 0.311 e. The first kappa shape index (κ1) is 13.4. The highest BCUT2D eigenvalue weighted by Gasteiger charge is 2.30. The van der Waals surface area contributed by atoms with Gasteiger partial charge in [0.1, 0.15) is 0 Å². The first-order valence-corrected chi connectivity index (χ1v) is 7.94. The highest BCUT2D eigenvalue weighted by Crippen LogP contribution is 2.31. The quantitative estimate of drug-likeness (QED) is 0.703. The molecule has 0 spiro atoms. The summed E-state index contributed by atoms with van der Waals surface area (Å²) in [5, 5.41) is 4.03. The minimum Gasteiger partial charge on any atom is -0.311 e. The molecule has 2 aliphatic rings. The van der Waals surface area contributed by atoms with Crippen molar-refractivity contribution in [1.82, 2.24) is 5.32 Å². The number of hydrogen-bond acceptors (Lipinski definition) is 1. The van der Waals surface area contributed by atoms with Gasteiger partial charge >= 0.3 is 0 Å². The van der Waals surface area contributed by atoms with Gasteiger partial charge in [0.05, 0.1) is 0 Å². The van der Waals surface area contributed by atoms with Crippen molar-refractivity contribution in [3.63, 3.8) is 0 Å². The van der Waals surface area contributed by atoms with Gasteiger partial charge in [-0.1, -0.05) is 52.9 Å². The summed E-state index contributed by atoms with van der Waals surface area (Å²) in [4.78, 5) is 0. The van der Waals surface area contributed by atoms with E-state index in [0.29, 0.717) is 0 Å². The second-order valence-electron chi connectivity index (χ2n) is 6.76. The third kappa shape index (κ3) is 3.47. The molecule has 2 aliphatic carbocycles. The van der Waals surface area contributed by atoms with Crippen LogP contribution in [0.4, 0.5) is 0 Å². The Kier molecular flexibility index (Phi) is 4.90. The van der Waals surface area contributed by atoms with Gasteiger partial charge in [0.2, 0.25) is 0 Å². The molecule has 0 aromatic rings. The summed E-state index contributed by atoms with van der Waals surface area (Å²) in [7, 11) is 0. The van der Waals surface area contributed by atoms with Crippen LogP contribution in [0.5, 0.6) is 0 Å². The van der Waals surface area contributed by atoms with Crippen LogP contribution in [-0.2, 0) is 0 Å². The Balaban J connectivity index is 1.89. The van der Waals surface area contributed by atoms with Gasteiger partial charge < -0.3 is 5.32 Å². The van der Waals surface area contributed by atoms with Crippen LogP contribution in [0.1, 0.15) is 72.1 Å². The molecule has 0 aromatic heterocycles. The molecule has 0 amide bonds. The van der Waals surface area contributed by atoms with Crippen LogP contribution in [0.15, 0.2) is 0 Å². The van der Waals surface area contributed by atoms with Crippen molar-refractivity contribution in [2.45, 2.75) is 84.2 Å². The first-order valence-electron chi connectivity index (χ1n) is 7.94. The molecule has 5 atom stereocenters. The van der Waals surface area contributed by atoms with E-state index in [1.165, 1.54) is 51.4 Å². The smallest absolute Gasteiger partial charge is 0.00979 e. The van der Waals surface area contributed by atoms with Gasteiger partial charge in [0.15, 0.2) is 0 Å². The average Bonchev–Trinajstić information content (AvgIpc) is 2.51. The van der Waals surface area contributed by atoms with Crippen molar-refractivity contribution in [3.05, 3.63) is 0 Å². The minimum atomic E-state index is 0.796. The second kappa shape index (κ2) is 6.22. The van der Waals surface area contributed by atoms with Gasteiger partial charge in [-0.25, -0.2) is 0 Å². The normalized spacial score (nSPS) is 44.3. The van der Waals surface area contributed by atoms with Crippen LogP contribution in [0.2, 0.25) is 0 Å². The summed E-state index contributed by atoms with van der Waals surface area (Å²) in [6.45, 7) is 7.36. The summed E-state index contributed by atoms with van der Waals surface area (Å²) in [5.41, 5.74) is 0. The Hall–Kier alpha value is -0.0400. The van der Waals surface area contributed by atoms with Crippen LogP contribution < -0.4 is 5.32 Å². The third-order valence-corrected chi connectivity index (χ3v) is 5.50. The maximum atomic E-state index is 4.03. The fraction of sp³-hybridized carbons (Fsp3) is 1.00. The van der Waals surface area contributed by atoms with E-state index in [0.717, 1.165) is 29.8 Å². The van der Waals surface area contributed by atoms with E-state index in [1.807, 2.05) is 0 Å². The Bertz CT molecular complexity index is 226. The van der Waals surface area contributed by atoms with Gasteiger partial charge in [-0.05, 0) is 37.0 Å². The Morgan fingerprint density at radius 3 is 2.12 bits per heavy atom. The van der Waals surface area contributed by atoms with E-state index in [9.17, 15) is 0 Å². The van der Waals surface area contributed by atoms with Crippen LogP contribution >= 0.6 is 0 Å². The lowest BCUT2D eigenvalue weighted by atomic mass is 9.77. The van der Waals surface area contributed by atoms with Gasteiger partial charge in [0.25, 0.3) is 0 Å². The van der Waals surface area contributed by atoms with E-state index in [4.69, 9.17) is 0 Å². The molecular formula is C16H31N. The standard InChI is InChI=1S/C16H31N/c1-12-9-7-11-16(14(12)3)17-15-10-6-4-5-8-13(15)2/h12-17H,4-11H2,1-3H3. The Morgan fingerprint density at radius 2 is 1.29 bits per heavy atom. The molecule has 2 fully saturated rings. The maximum absolute atomic E-state index is 4.03. The SMILES string of the molecule is CC1CCCCCC1NC1CCCC(C)C1C. The van der Waals surface area contributed by atoms with Crippen molar-refractivity contribution in [3.8, 4) is 0 Å². The predicted molar refractivity (Wildman–Crippen MR) is 75.1 cm³/mol. The average molecular weight is 237 g/mol. The zero-order valence-corrected chi connectivity index (χ0v) is 12.0. The molecular weight excluding hydrogens is 206 g/mol. The summed E-state index contributed by atoms with van der Waals surface area (Å²) in [5.74, 6) is 2.68. The summed E-state index contributed by atoms with van der Waals surface area (Å²) >= 11 is 0. The second-order valence-corrected chi connectivity index (χ2v) is 6.76. The van der Waals surface area contributed by atoms with E-state index >= 15 is 0 Å². The maximum Gasteiger partial charge on any atom is 0.00979 e. The third-order valence-electron chi connectivity index (χ3n) is 5.50. The Morgan fingerprint density at radius 1 is 0.647 bits per heavy atom. The fourth-order valence-corrected chi connectivity index (χ4v) is 3.83. The molecule has 2 saturated carbocycles. The van der Waals surface area contributed by atoms with E-state index in [2.05, 4.69) is 26.1 Å². The summed E-state index contributed by atoms with van der Waals surface area (Å²) in [6.07, 6.45) is 11.5. The molecule has 0 bridgehead atoms. The lowest BCUT2D eigenvalue weighted by molar-refractivity contribution is 0.176. The van der Waals surface area contributed by atoms with E-state index in [-0.39, 0.29) is 0 Å². The highest BCUT2D eigenvalue weighted by molar-refractivity contribution is 4.87. The molecule has 17 heavy (non-hydrogen) atoms. The molecule has 5 unspecified atom stereocenters. The molecule has 2 rings (SSSR count). The number of nitrogens with one attached hydrogen (secondary N) is 1. The van der Waals surface area contributed by atoms with Crippen LogP contribution in [-0.4, -0.2) is 12.1 Å². The minimum absolute atomic E-state index is 0.796. The van der Waals surface area contributed by atoms with Crippen LogP contribution in [0.3, 0.4) is 0 Å². The molecule has 0 radical (unpaired) electrons. The van der Waals surface area contributed by atoms with Crippen LogP contribution in [0, 0.1) is 17.8 Å². The number of hydrogen-bond donors (Lipinski definition) is 1. The van der Waals surface area contributed by atoms with Gasteiger partial charge in [-0.15, -0.1) is 0 Å². The molecule has 0 heterocycles. The van der Waals surface area contributed by atoms with E-state index < -0.39 is 0 Å². The predicted octanol–water partition coefficient (Wildman–Crippen LogP) is 4.37. The molecule has 1 nitrogen and oxygen atoms in total. The zero-order chi connectivity index (χ0) is 12.3. The van der Waals surface area contributed by atoms with Gasteiger partial charge in [0, 0.05) is 12.1 Å². The van der Waals surface area contributed by atoms with Crippen molar-refractivity contribution in [1.29, 1.82) is 0 Å². The zero-order valence-electron chi connectivity index (χ0n) is 12.0. The monoisotopic (exact) mass is 237 g/mol. The van der Waals surface area contributed by atoms with Gasteiger partial charge in [-0.3, -0.25) is 0 Å². The molecule has 1 heteroatoms. The summed E-state index contributed by atoms with van der Waals surface area (Å²) < 4.78 is 0. The molecule has 1 N–H and O–H groups in total. The van der Waals surface area contributed by atoms with E-state index in [1.54, 1.807) is 0 Å². The topological polar surface area (TPSA) is 12.0 Å². The molecule has 0 aromatic carbocycles. The van der Waals surface area contributed by atoms with Crippen molar-refractivity contribution in [2.75, 3.05) is 0 Å². The number of rotatable bonds is 2.